The van der Waals surface area contributed by atoms with Crippen LogP contribution in [0.2, 0.25) is 0 Å². The number of hydrogen-bond acceptors (Lipinski definition) is 5. The number of anilines is 1. The molecule has 0 radical (unpaired) electrons. The van der Waals surface area contributed by atoms with E-state index in [2.05, 4.69) is 15.4 Å². The summed E-state index contributed by atoms with van der Waals surface area (Å²) in [4.78, 5) is 23.7. The van der Waals surface area contributed by atoms with Crippen molar-refractivity contribution in [2.75, 3.05) is 18.9 Å². The van der Waals surface area contributed by atoms with E-state index in [-0.39, 0.29) is 29.8 Å². The SMILES string of the molecule is CNS(=O)(=O)c1cc(NC(=O)CNC(=O)[C@@H](N)C(C)C)ccc1C.Cl. The molecule has 1 aromatic carbocycles. The summed E-state index contributed by atoms with van der Waals surface area (Å²) in [5, 5.41) is 4.99. The van der Waals surface area contributed by atoms with Gasteiger partial charge in [0, 0.05) is 5.69 Å². The maximum absolute atomic E-state index is 11.9. The number of benzene rings is 1. The quantitative estimate of drug-likeness (QED) is 0.532. The van der Waals surface area contributed by atoms with Crippen molar-refractivity contribution in [2.24, 2.45) is 11.7 Å². The smallest absolute Gasteiger partial charge is 0.243 e. The van der Waals surface area contributed by atoms with Crippen molar-refractivity contribution >= 4 is 39.9 Å². The van der Waals surface area contributed by atoms with Gasteiger partial charge in [0.15, 0.2) is 0 Å². The van der Waals surface area contributed by atoms with Crippen LogP contribution in [-0.4, -0.2) is 39.9 Å². The van der Waals surface area contributed by atoms with Gasteiger partial charge in [-0.25, -0.2) is 13.1 Å². The summed E-state index contributed by atoms with van der Waals surface area (Å²) in [6.07, 6.45) is 0. The Morgan fingerprint density at radius 3 is 2.36 bits per heavy atom. The molecule has 5 N–H and O–H groups in total. The number of nitrogens with one attached hydrogen (secondary N) is 3. The highest BCUT2D eigenvalue weighted by Crippen LogP contribution is 2.19. The molecule has 0 aliphatic rings. The van der Waals surface area contributed by atoms with Crippen LogP contribution in [0.25, 0.3) is 0 Å². The van der Waals surface area contributed by atoms with Gasteiger partial charge >= 0.3 is 0 Å². The zero-order valence-corrected chi connectivity index (χ0v) is 16.3. The first-order chi connectivity index (χ1) is 11.1. The lowest BCUT2D eigenvalue weighted by molar-refractivity contribution is -0.125. The van der Waals surface area contributed by atoms with E-state index in [1.165, 1.54) is 13.1 Å². The van der Waals surface area contributed by atoms with E-state index in [0.717, 1.165) is 0 Å². The Bertz CT molecular complexity index is 722. The molecule has 1 atom stereocenters. The molecular formula is C15H25ClN4O4S. The van der Waals surface area contributed by atoms with Crippen LogP contribution < -0.4 is 21.1 Å². The number of halogens is 1. The van der Waals surface area contributed by atoms with Crippen molar-refractivity contribution in [3.8, 4) is 0 Å². The molecule has 1 aromatic rings. The van der Waals surface area contributed by atoms with Gasteiger partial charge in [-0.2, -0.15) is 0 Å². The number of aryl methyl sites for hydroxylation is 1. The minimum atomic E-state index is -3.62. The van der Waals surface area contributed by atoms with Crippen LogP contribution in [0.1, 0.15) is 19.4 Å². The number of carbonyl (C=O) groups is 2. The van der Waals surface area contributed by atoms with Gasteiger partial charge in [-0.3, -0.25) is 9.59 Å². The van der Waals surface area contributed by atoms with Crippen LogP contribution in [0.15, 0.2) is 23.1 Å². The fourth-order valence-electron chi connectivity index (χ4n) is 1.87. The summed E-state index contributed by atoms with van der Waals surface area (Å²) >= 11 is 0. The number of nitrogens with two attached hydrogens (primary N) is 1. The van der Waals surface area contributed by atoms with Crippen LogP contribution in [0.4, 0.5) is 5.69 Å². The monoisotopic (exact) mass is 392 g/mol. The maximum Gasteiger partial charge on any atom is 0.243 e. The van der Waals surface area contributed by atoms with Crippen molar-refractivity contribution in [1.29, 1.82) is 0 Å². The molecular weight excluding hydrogens is 368 g/mol. The second-order valence-electron chi connectivity index (χ2n) is 5.72. The minimum Gasteiger partial charge on any atom is -0.346 e. The van der Waals surface area contributed by atoms with Gasteiger partial charge in [0.2, 0.25) is 21.8 Å². The number of carbonyl (C=O) groups excluding carboxylic acids is 2. The Morgan fingerprint density at radius 1 is 1.24 bits per heavy atom. The highest BCUT2D eigenvalue weighted by molar-refractivity contribution is 7.89. The molecule has 0 aliphatic heterocycles. The van der Waals surface area contributed by atoms with Crippen molar-refractivity contribution in [2.45, 2.75) is 31.7 Å². The summed E-state index contributed by atoms with van der Waals surface area (Å²) in [6, 6.07) is 3.85. The lowest BCUT2D eigenvalue weighted by atomic mass is 10.1. The maximum atomic E-state index is 11.9. The molecule has 10 heteroatoms. The van der Waals surface area contributed by atoms with Crippen LogP contribution in [-0.2, 0) is 19.6 Å². The summed E-state index contributed by atoms with van der Waals surface area (Å²) < 4.78 is 26.1. The van der Waals surface area contributed by atoms with Crippen LogP contribution in [0, 0.1) is 12.8 Å². The first-order valence-corrected chi connectivity index (χ1v) is 8.94. The van der Waals surface area contributed by atoms with Crippen molar-refractivity contribution < 1.29 is 18.0 Å². The van der Waals surface area contributed by atoms with Gasteiger partial charge in [0.25, 0.3) is 0 Å². The highest BCUT2D eigenvalue weighted by atomic mass is 35.5. The summed E-state index contributed by atoms with van der Waals surface area (Å²) in [5.74, 6) is -0.932. The molecule has 0 saturated heterocycles. The molecule has 0 unspecified atom stereocenters. The van der Waals surface area contributed by atoms with Gasteiger partial charge in [0.1, 0.15) is 0 Å². The normalized spacial score (nSPS) is 12.2. The Hall–Kier alpha value is -1.68. The number of amides is 2. The third-order valence-electron chi connectivity index (χ3n) is 3.47. The fourth-order valence-corrected chi connectivity index (χ4v) is 2.86. The Labute approximate surface area is 154 Å². The Morgan fingerprint density at radius 2 is 1.84 bits per heavy atom. The van der Waals surface area contributed by atoms with Gasteiger partial charge in [0.05, 0.1) is 17.5 Å². The van der Waals surface area contributed by atoms with Gasteiger partial charge in [-0.15, -0.1) is 12.4 Å². The van der Waals surface area contributed by atoms with Crippen molar-refractivity contribution in [3.05, 3.63) is 23.8 Å². The van der Waals surface area contributed by atoms with E-state index in [1.807, 2.05) is 0 Å². The summed E-state index contributed by atoms with van der Waals surface area (Å²) in [5.41, 5.74) is 6.56. The van der Waals surface area contributed by atoms with E-state index in [0.29, 0.717) is 11.3 Å². The number of sulfonamides is 1. The molecule has 0 spiro atoms. The average Bonchev–Trinajstić information content (AvgIpc) is 2.53. The predicted molar refractivity (Wildman–Crippen MR) is 99.1 cm³/mol. The van der Waals surface area contributed by atoms with E-state index in [4.69, 9.17) is 5.73 Å². The highest BCUT2D eigenvalue weighted by Gasteiger charge is 2.18. The molecule has 1 rings (SSSR count). The average molecular weight is 393 g/mol. The molecule has 0 heterocycles. The molecule has 8 nitrogen and oxygen atoms in total. The Balaban J connectivity index is 0.00000576. The first kappa shape index (κ1) is 23.3. The van der Waals surface area contributed by atoms with E-state index in [9.17, 15) is 18.0 Å². The molecule has 0 saturated carbocycles. The third-order valence-corrected chi connectivity index (χ3v) is 5.03. The predicted octanol–water partition coefficient (Wildman–Crippen LogP) is 0.363. The molecule has 0 fully saturated rings. The van der Waals surface area contributed by atoms with E-state index >= 15 is 0 Å². The van der Waals surface area contributed by atoms with Gasteiger partial charge in [-0.1, -0.05) is 19.9 Å². The molecule has 0 aromatic heterocycles. The summed E-state index contributed by atoms with van der Waals surface area (Å²) in [6.45, 7) is 5.02. The third kappa shape index (κ3) is 6.62. The first-order valence-electron chi connectivity index (χ1n) is 7.46. The molecule has 25 heavy (non-hydrogen) atoms. The minimum absolute atomic E-state index is 0. The Kier molecular flexibility index (Phi) is 9.06. The zero-order valence-electron chi connectivity index (χ0n) is 14.6. The zero-order chi connectivity index (χ0) is 18.5. The van der Waals surface area contributed by atoms with E-state index < -0.39 is 27.9 Å². The lowest BCUT2D eigenvalue weighted by Gasteiger charge is -2.15. The molecule has 0 bridgehead atoms. The second-order valence-corrected chi connectivity index (χ2v) is 7.58. The molecule has 2 amide bonds. The molecule has 142 valence electrons. The second kappa shape index (κ2) is 9.71. The van der Waals surface area contributed by atoms with Crippen LogP contribution in [0.3, 0.4) is 0 Å². The number of rotatable bonds is 7. The van der Waals surface area contributed by atoms with Crippen molar-refractivity contribution in [3.63, 3.8) is 0 Å². The standard InChI is InChI=1S/C15H24N4O4S.ClH/c1-9(2)14(16)15(21)18-8-13(20)19-11-6-5-10(3)12(7-11)24(22,23)17-4;/h5-7,9,14,17H,8,16H2,1-4H3,(H,18,21)(H,19,20);1H/t14-;/m0./s1. The fraction of sp³-hybridized carbons (Fsp3) is 0.467. The van der Waals surface area contributed by atoms with Crippen LogP contribution in [0.5, 0.6) is 0 Å². The van der Waals surface area contributed by atoms with Gasteiger partial charge < -0.3 is 16.4 Å². The lowest BCUT2D eigenvalue weighted by Crippen LogP contribution is -2.46. The molecule has 0 aliphatic carbocycles. The van der Waals surface area contributed by atoms with Gasteiger partial charge in [-0.05, 0) is 37.6 Å². The topological polar surface area (TPSA) is 130 Å². The van der Waals surface area contributed by atoms with Crippen molar-refractivity contribution in [1.82, 2.24) is 10.0 Å². The summed E-state index contributed by atoms with van der Waals surface area (Å²) in [7, 11) is -2.31. The largest absolute Gasteiger partial charge is 0.346 e. The van der Waals surface area contributed by atoms with Crippen LogP contribution >= 0.6 is 12.4 Å². The van der Waals surface area contributed by atoms with E-state index in [1.54, 1.807) is 32.9 Å². The number of hydrogen-bond donors (Lipinski definition) is 4.